The minimum Gasteiger partial charge on any atom is -0.458 e. The molecule has 0 unspecified atom stereocenters. The van der Waals surface area contributed by atoms with Crippen LogP contribution in [-0.4, -0.2) is 33.0 Å². The van der Waals surface area contributed by atoms with Crippen molar-refractivity contribution < 1.29 is 14.3 Å². The standard InChI is InChI=1S/C21H21ClN4O4S/c22-15-8-6-13(7-9-15)19(29)23-11-18(28)30-12-16-10-17(27)26-21(24-16)31-20(25-26)14-4-2-1-3-5-14/h6-10,14H,1-5,11-12H2,(H,23,29). The number of fused-ring (bicyclic) bond motifs is 1. The predicted molar refractivity (Wildman–Crippen MR) is 117 cm³/mol. The Morgan fingerprint density at radius 2 is 1.94 bits per heavy atom. The lowest BCUT2D eigenvalue weighted by molar-refractivity contribution is -0.143. The van der Waals surface area contributed by atoms with Crippen molar-refractivity contribution in [1.82, 2.24) is 19.9 Å². The van der Waals surface area contributed by atoms with Gasteiger partial charge in [0.2, 0.25) is 4.96 Å². The summed E-state index contributed by atoms with van der Waals surface area (Å²) in [6, 6.07) is 7.62. The average Bonchev–Trinajstić information content (AvgIpc) is 3.22. The lowest BCUT2D eigenvalue weighted by atomic mass is 9.90. The fourth-order valence-corrected chi connectivity index (χ4v) is 4.74. The van der Waals surface area contributed by atoms with Gasteiger partial charge in [-0.3, -0.25) is 14.4 Å². The van der Waals surface area contributed by atoms with Crippen LogP contribution >= 0.6 is 22.9 Å². The molecule has 0 spiro atoms. The second kappa shape index (κ2) is 9.57. The number of nitrogens with one attached hydrogen (secondary N) is 1. The van der Waals surface area contributed by atoms with Gasteiger partial charge in [-0.25, -0.2) is 4.98 Å². The third-order valence-corrected chi connectivity index (χ3v) is 6.47. The SMILES string of the molecule is O=C(CNC(=O)c1ccc(Cl)cc1)OCc1cc(=O)n2nc(C3CCCCC3)sc2n1. The predicted octanol–water partition coefficient (Wildman–Crippen LogP) is 3.33. The molecule has 1 amide bonds. The first-order valence-electron chi connectivity index (χ1n) is 10.1. The molecule has 2 aromatic heterocycles. The number of ether oxygens (including phenoxy) is 1. The second-order valence-electron chi connectivity index (χ2n) is 7.41. The molecular formula is C21H21ClN4O4S. The van der Waals surface area contributed by atoms with Gasteiger partial charge >= 0.3 is 5.97 Å². The Bertz CT molecular complexity index is 1150. The highest BCUT2D eigenvalue weighted by Crippen LogP contribution is 2.34. The van der Waals surface area contributed by atoms with Crippen LogP contribution in [0.5, 0.6) is 0 Å². The van der Waals surface area contributed by atoms with E-state index in [1.165, 1.54) is 41.2 Å². The molecule has 1 N–H and O–H groups in total. The third-order valence-electron chi connectivity index (χ3n) is 5.15. The minimum atomic E-state index is -0.628. The van der Waals surface area contributed by atoms with Gasteiger partial charge < -0.3 is 10.1 Å². The highest BCUT2D eigenvalue weighted by molar-refractivity contribution is 7.16. The highest BCUT2D eigenvalue weighted by atomic mass is 35.5. The molecule has 1 fully saturated rings. The molecule has 1 aliphatic rings. The molecule has 8 nitrogen and oxygen atoms in total. The van der Waals surface area contributed by atoms with Crippen LogP contribution in [0, 0.1) is 0 Å². The van der Waals surface area contributed by atoms with Crippen LogP contribution in [0.25, 0.3) is 4.96 Å². The number of esters is 1. The van der Waals surface area contributed by atoms with Crippen molar-refractivity contribution >= 4 is 39.8 Å². The van der Waals surface area contributed by atoms with E-state index in [9.17, 15) is 14.4 Å². The zero-order valence-corrected chi connectivity index (χ0v) is 18.2. The van der Waals surface area contributed by atoms with Gasteiger partial charge in [0.25, 0.3) is 11.5 Å². The van der Waals surface area contributed by atoms with E-state index >= 15 is 0 Å². The first-order chi connectivity index (χ1) is 15.0. The van der Waals surface area contributed by atoms with E-state index in [2.05, 4.69) is 15.4 Å². The number of amides is 1. The monoisotopic (exact) mass is 460 g/mol. The van der Waals surface area contributed by atoms with Crippen LogP contribution in [-0.2, 0) is 16.1 Å². The highest BCUT2D eigenvalue weighted by Gasteiger charge is 2.21. The Labute approximate surface area is 187 Å². The number of aromatic nitrogens is 3. The van der Waals surface area contributed by atoms with E-state index in [0.717, 1.165) is 17.8 Å². The van der Waals surface area contributed by atoms with Crippen LogP contribution in [0.4, 0.5) is 0 Å². The fourth-order valence-electron chi connectivity index (χ4n) is 3.52. The summed E-state index contributed by atoms with van der Waals surface area (Å²) in [4.78, 5) is 41.3. The summed E-state index contributed by atoms with van der Waals surface area (Å²) in [5.41, 5.74) is 0.433. The maximum absolute atomic E-state index is 12.4. The summed E-state index contributed by atoms with van der Waals surface area (Å²) in [5, 5.41) is 8.39. The summed E-state index contributed by atoms with van der Waals surface area (Å²) in [7, 11) is 0. The first kappa shape index (κ1) is 21.5. The Kier molecular flexibility index (Phi) is 6.62. The minimum absolute atomic E-state index is 0.155. The Morgan fingerprint density at radius 3 is 2.68 bits per heavy atom. The van der Waals surface area contributed by atoms with E-state index in [1.807, 2.05) is 0 Å². The van der Waals surface area contributed by atoms with E-state index in [4.69, 9.17) is 16.3 Å². The number of carbonyl (C=O) groups excluding carboxylic acids is 2. The molecule has 31 heavy (non-hydrogen) atoms. The summed E-state index contributed by atoms with van der Waals surface area (Å²) in [6.45, 7) is -0.451. The van der Waals surface area contributed by atoms with Crippen molar-refractivity contribution in [3.05, 3.63) is 62.0 Å². The van der Waals surface area contributed by atoms with Gasteiger partial charge in [0.05, 0.1) is 5.69 Å². The zero-order chi connectivity index (χ0) is 21.8. The van der Waals surface area contributed by atoms with Crippen LogP contribution in [0.3, 0.4) is 0 Å². The number of carbonyl (C=O) groups is 2. The number of halogens is 1. The van der Waals surface area contributed by atoms with Crippen LogP contribution in [0.1, 0.15) is 59.1 Å². The van der Waals surface area contributed by atoms with Crippen LogP contribution < -0.4 is 10.9 Å². The van der Waals surface area contributed by atoms with E-state index in [0.29, 0.717) is 27.2 Å². The number of hydrogen-bond donors (Lipinski definition) is 1. The topological polar surface area (TPSA) is 103 Å². The van der Waals surface area contributed by atoms with Crippen molar-refractivity contribution in [1.29, 1.82) is 0 Å². The van der Waals surface area contributed by atoms with Gasteiger partial charge in [0.15, 0.2) is 0 Å². The Hall–Kier alpha value is -2.78. The molecule has 1 aromatic carbocycles. The molecule has 0 atom stereocenters. The second-order valence-corrected chi connectivity index (χ2v) is 8.83. The summed E-state index contributed by atoms with van der Waals surface area (Å²) < 4.78 is 6.47. The van der Waals surface area contributed by atoms with Gasteiger partial charge in [-0.05, 0) is 37.1 Å². The number of hydrogen-bond acceptors (Lipinski definition) is 7. The maximum Gasteiger partial charge on any atom is 0.325 e. The maximum atomic E-state index is 12.4. The lowest BCUT2D eigenvalue weighted by Gasteiger charge is -2.18. The van der Waals surface area contributed by atoms with Gasteiger partial charge in [-0.15, -0.1) is 0 Å². The molecule has 10 heteroatoms. The van der Waals surface area contributed by atoms with Crippen molar-refractivity contribution in [3.8, 4) is 0 Å². The third kappa shape index (κ3) is 5.29. The molecular weight excluding hydrogens is 440 g/mol. The molecule has 0 aliphatic heterocycles. The molecule has 1 aliphatic carbocycles. The molecule has 1 saturated carbocycles. The molecule has 0 bridgehead atoms. The number of nitrogens with zero attached hydrogens (tertiary/aromatic N) is 3. The number of benzene rings is 1. The van der Waals surface area contributed by atoms with Gasteiger partial charge in [-0.1, -0.05) is 42.2 Å². The summed E-state index contributed by atoms with van der Waals surface area (Å²) in [6.07, 6.45) is 5.77. The van der Waals surface area contributed by atoms with E-state index in [1.54, 1.807) is 24.3 Å². The fraction of sp³-hybridized carbons (Fsp3) is 0.381. The lowest BCUT2D eigenvalue weighted by Crippen LogP contribution is -2.30. The molecule has 162 valence electrons. The number of rotatable bonds is 6. The Balaban J connectivity index is 1.34. The van der Waals surface area contributed by atoms with Crippen LogP contribution in [0.15, 0.2) is 35.1 Å². The van der Waals surface area contributed by atoms with E-state index < -0.39 is 11.9 Å². The summed E-state index contributed by atoms with van der Waals surface area (Å²) >= 11 is 7.21. The Morgan fingerprint density at radius 1 is 1.19 bits per heavy atom. The molecule has 3 aromatic rings. The van der Waals surface area contributed by atoms with Crippen molar-refractivity contribution in [2.45, 2.75) is 44.6 Å². The van der Waals surface area contributed by atoms with Gasteiger partial charge in [-0.2, -0.15) is 9.61 Å². The van der Waals surface area contributed by atoms with Gasteiger partial charge in [0.1, 0.15) is 18.2 Å². The van der Waals surface area contributed by atoms with Crippen molar-refractivity contribution in [2.24, 2.45) is 0 Å². The van der Waals surface area contributed by atoms with Crippen molar-refractivity contribution in [3.63, 3.8) is 0 Å². The zero-order valence-electron chi connectivity index (χ0n) is 16.7. The quantitative estimate of drug-likeness (QED) is 0.566. The molecule has 0 radical (unpaired) electrons. The summed E-state index contributed by atoms with van der Waals surface area (Å²) in [5.74, 6) is -0.659. The first-order valence-corrected chi connectivity index (χ1v) is 11.3. The molecule has 2 heterocycles. The van der Waals surface area contributed by atoms with Crippen molar-refractivity contribution in [2.75, 3.05) is 6.54 Å². The van der Waals surface area contributed by atoms with Gasteiger partial charge in [0, 0.05) is 22.6 Å². The smallest absolute Gasteiger partial charge is 0.325 e. The van der Waals surface area contributed by atoms with E-state index in [-0.39, 0.29) is 18.7 Å². The molecule has 4 rings (SSSR count). The largest absolute Gasteiger partial charge is 0.458 e. The van der Waals surface area contributed by atoms with Crippen LogP contribution in [0.2, 0.25) is 5.02 Å². The normalized spacial score (nSPS) is 14.5. The average molecular weight is 461 g/mol. The molecule has 0 saturated heterocycles.